The molecule has 1 N–H and O–H groups in total. The van der Waals surface area contributed by atoms with Crippen molar-refractivity contribution in [2.75, 3.05) is 11.6 Å². The highest BCUT2D eigenvalue weighted by molar-refractivity contribution is 7.98. The first-order valence-electron chi connectivity index (χ1n) is 8.60. The number of nitrogens with one attached hydrogen (secondary N) is 1. The van der Waals surface area contributed by atoms with E-state index in [1.807, 2.05) is 30.5 Å². The number of rotatable bonds is 3. The zero-order chi connectivity index (χ0) is 18.4. The van der Waals surface area contributed by atoms with E-state index in [1.54, 1.807) is 27.8 Å². The second-order valence-corrected chi connectivity index (χ2v) is 8.29. The summed E-state index contributed by atoms with van der Waals surface area (Å²) in [6, 6.07) is 16.4. The van der Waals surface area contributed by atoms with Crippen LogP contribution in [0, 0.1) is 0 Å². The van der Waals surface area contributed by atoms with Gasteiger partial charge in [-0.15, -0.1) is 11.8 Å². The average Bonchev–Trinajstić information content (AvgIpc) is 3.31. The summed E-state index contributed by atoms with van der Waals surface area (Å²) in [7, 11) is 0. The molecular formula is C20H16N4OS2. The van der Waals surface area contributed by atoms with Gasteiger partial charge in [0.1, 0.15) is 5.82 Å². The first-order valence-corrected chi connectivity index (χ1v) is 10.6. The number of para-hydroxylation sites is 1. The van der Waals surface area contributed by atoms with Crippen molar-refractivity contribution in [1.29, 1.82) is 0 Å². The molecule has 4 aromatic rings. The SMILES string of the molecule is CSc1ccc([C@@H]2CC(=O)Nc3c2cnn3-c2nc3ccccc3s2)cc1. The Labute approximate surface area is 164 Å². The maximum absolute atomic E-state index is 12.4. The molecule has 0 saturated heterocycles. The van der Waals surface area contributed by atoms with Gasteiger partial charge in [-0.05, 0) is 36.1 Å². The largest absolute Gasteiger partial charge is 0.310 e. The first kappa shape index (κ1) is 16.5. The van der Waals surface area contributed by atoms with Crippen molar-refractivity contribution in [3.8, 4) is 5.13 Å². The molecule has 0 radical (unpaired) electrons. The van der Waals surface area contributed by atoms with Crippen molar-refractivity contribution in [3.05, 3.63) is 65.9 Å². The van der Waals surface area contributed by atoms with Gasteiger partial charge in [0.25, 0.3) is 0 Å². The summed E-state index contributed by atoms with van der Waals surface area (Å²) in [5.74, 6) is 0.737. The summed E-state index contributed by atoms with van der Waals surface area (Å²) in [6.45, 7) is 0. The molecule has 0 aliphatic carbocycles. The van der Waals surface area contributed by atoms with Crippen LogP contribution in [-0.2, 0) is 4.79 Å². The fraction of sp³-hybridized carbons (Fsp3) is 0.150. The monoisotopic (exact) mass is 392 g/mol. The normalized spacial score (nSPS) is 16.3. The molecule has 0 fully saturated rings. The number of amides is 1. The van der Waals surface area contributed by atoms with Crippen molar-refractivity contribution < 1.29 is 4.79 Å². The smallest absolute Gasteiger partial charge is 0.226 e. The van der Waals surface area contributed by atoms with E-state index in [9.17, 15) is 4.79 Å². The van der Waals surface area contributed by atoms with Gasteiger partial charge in [-0.2, -0.15) is 9.78 Å². The Kier molecular flexibility index (Phi) is 3.98. The van der Waals surface area contributed by atoms with Gasteiger partial charge in [-0.25, -0.2) is 4.98 Å². The standard InChI is InChI=1S/C20H16N4OS2/c1-26-13-8-6-12(7-9-13)14-10-18(25)23-19-15(14)11-21-24(19)20-22-16-4-2-3-5-17(16)27-20/h2-9,11,14H,10H2,1H3,(H,23,25)/t14-/m0/s1. The molecule has 134 valence electrons. The third-order valence-corrected chi connectivity index (χ3v) is 6.56. The predicted molar refractivity (Wildman–Crippen MR) is 110 cm³/mol. The number of carbonyl (C=O) groups excluding carboxylic acids is 1. The van der Waals surface area contributed by atoms with Crippen LogP contribution in [-0.4, -0.2) is 26.9 Å². The van der Waals surface area contributed by atoms with E-state index in [-0.39, 0.29) is 11.8 Å². The minimum absolute atomic E-state index is 0.00399. The zero-order valence-corrected chi connectivity index (χ0v) is 16.2. The Morgan fingerprint density at radius 3 is 2.78 bits per heavy atom. The summed E-state index contributed by atoms with van der Waals surface area (Å²) in [4.78, 5) is 18.3. The molecule has 2 aromatic heterocycles. The highest BCUT2D eigenvalue weighted by atomic mass is 32.2. The van der Waals surface area contributed by atoms with Gasteiger partial charge in [0.05, 0.1) is 16.4 Å². The molecule has 1 atom stereocenters. The van der Waals surface area contributed by atoms with Gasteiger partial charge >= 0.3 is 0 Å². The third kappa shape index (κ3) is 2.83. The van der Waals surface area contributed by atoms with Crippen LogP contribution in [0.4, 0.5) is 5.82 Å². The van der Waals surface area contributed by atoms with Crippen LogP contribution in [0.2, 0.25) is 0 Å². The first-order chi connectivity index (χ1) is 13.2. The molecule has 5 rings (SSSR count). The third-order valence-electron chi connectivity index (χ3n) is 4.80. The highest BCUT2D eigenvalue weighted by Gasteiger charge is 2.31. The quantitative estimate of drug-likeness (QED) is 0.515. The number of anilines is 1. The molecule has 2 aromatic carbocycles. The number of benzene rings is 2. The number of hydrogen-bond donors (Lipinski definition) is 1. The van der Waals surface area contributed by atoms with E-state index < -0.39 is 0 Å². The van der Waals surface area contributed by atoms with E-state index >= 15 is 0 Å². The zero-order valence-electron chi connectivity index (χ0n) is 14.5. The minimum Gasteiger partial charge on any atom is -0.310 e. The molecule has 0 unspecified atom stereocenters. The van der Waals surface area contributed by atoms with Crippen molar-refractivity contribution in [3.63, 3.8) is 0 Å². The molecule has 27 heavy (non-hydrogen) atoms. The lowest BCUT2D eigenvalue weighted by Crippen LogP contribution is -2.24. The van der Waals surface area contributed by atoms with E-state index in [2.05, 4.69) is 45.9 Å². The summed E-state index contributed by atoms with van der Waals surface area (Å²) in [5, 5.41) is 8.31. The number of aromatic nitrogens is 3. The van der Waals surface area contributed by atoms with Crippen molar-refractivity contribution >= 4 is 45.0 Å². The number of hydrogen-bond acceptors (Lipinski definition) is 5. The molecule has 5 nitrogen and oxygen atoms in total. The Hall–Kier alpha value is -2.64. The van der Waals surface area contributed by atoms with E-state index in [4.69, 9.17) is 0 Å². The Balaban J connectivity index is 1.59. The van der Waals surface area contributed by atoms with E-state index in [0.29, 0.717) is 6.42 Å². The number of thiazole rings is 1. The van der Waals surface area contributed by atoms with Crippen LogP contribution < -0.4 is 5.32 Å². The lowest BCUT2D eigenvalue weighted by atomic mass is 9.87. The predicted octanol–water partition coefficient (Wildman–Crippen LogP) is 4.68. The summed E-state index contributed by atoms with van der Waals surface area (Å²) in [5.41, 5.74) is 3.10. The fourth-order valence-electron chi connectivity index (χ4n) is 3.45. The molecule has 1 aliphatic heterocycles. The van der Waals surface area contributed by atoms with E-state index in [1.165, 1.54) is 4.90 Å². The highest BCUT2D eigenvalue weighted by Crippen LogP contribution is 2.39. The second-order valence-electron chi connectivity index (χ2n) is 6.40. The molecule has 1 amide bonds. The van der Waals surface area contributed by atoms with Gasteiger partial charge in [0.2, 0.25) is 11.0 Å². The maximum atomic E-state index is 12.4. The maximum Gasteiger partial charge on any atom is 0.226 e. The van der Waals surface area contributed by atoms with Crippen molar-refractivity contribution in [1.82, 2.24) is 14.8 Å². The fourth-order valence-corrected chi connectivity index (χ4v) is 4.79. The number of thioether (sulfide) groups is 1. The molecule has 0 spiro atoms. The van der Waals surface area contributed by atoms with Gasteiger partial charge in [-0.3, -0.25) is 4.79 Å². The van der Waals surface area contributed by atoms with Gasteiger partial charge in [0, 0.05) is 22.8 Å². The number of fused-ring (bicyclic) bond motifs is 2. The van der Waals surface area contributed by atoms with Crippen LogP contribution in [0.1, 0.15) is 23.5 Å². The molecule has 3 heterocycles. The van der Waals surface area contributed by atoms with Crippen LogP contribution >= 0.6 is 23.1 Å². The van der Waals surface area contributed by atoms with Crippen LogP contribution in [0.5, 0.6) is 0 Å². The van der Waals surface area contributed by atoms with Gasteiger partial charge in [-0.1, -0.05) is 35.6 Å². The molecular weight excluding hydrogens is 376 g/mol. The molecule has 7 heteroatoms. The Morgan fingerprint density at radius 2 is 2.00 bits per heavy atom. The summed E-state index contributed by atoms with van der Waals surface area (Å²) in [6.07, 6.45) is 4.34. The average molecular weight is 393 g/mol. The summed E-state index contributed by atoms with van der Waals surface area (Å²) >= 11 is 3.28. The summed E-state index contributed by atoms with van der Waals surface area (Å²) < 4.78 is 2.85. The number of carbonyl (C=O) groups is 1. The molecule has 0 bridgehead atoms. The minimum atomic E-state index is 0.00399. The molecule has 1 aliphatic rings. The van der Waals surface area contributed by atoms with Crippen molar-refractivity contribution in [2.24, 2.45) is 0 Å². The Bertz CT molecular complexity index is 1110. The van der Waals surface area contributed by atoms with E-state index in [0.717, 1.165) is 32.3 Å². The lowest BCUT2D eigenvalue weighted by molar-refractivity contribution is -0.116. The number of nitrogens with zero attached hydrogens (tertiary/aromatic N) is 3. The Morgan fingerprint density at radius 1 is 1.19 bits per heavy atom. The van der Waals surface area contributed by atoms with Gasteiger partial charge < -0.3 is 5.32 Å². The topological polar surface area (TPSA) is 59.8 Å². The van der Waals surface area contributed by atoms with Gasteiger partial charge in [0.15, 0.2) is 0 Å². The van der Waals surface area contributed by atoms with Crippen molar-refractivity contribution in [2.45, 2.75) is 17.2 Å². The van der Waals surface area contributed by atoms with Crippen LogP contribution in [0.3, 0.4) is 0 Å². The van der Waals surface area contributed by atoms with Crippen LogP contribution in [0.15, 0.2) is 59.6 Å². The molecule has 0 saturated carbocycles. The second kappa shape index (κ2) is 6.51. The van der Waals surface area contributed by atoms with Crippen LogP contribution in [0.25, 0.3) is 15.3 Å². The lowest BCUT2D eigenvalue weighted by Gasteiger charge is -2.23.